The van der Waals surface area contributed by atoms with Crippen LogP contribution in [0.1, 0.15) is 112 Å². The third-order valence-electron chi connectivity index (χ3n) is 10.9. The van der Waals surface area contributed by atoms with Gasteiger partial charge in [-0.15, -0.1) is 0 Å². The maximum absolute atomic E-state index is 13.7. The lowest BCUT2D eigenvalue weighted by molar-refractivity contribution is -0.154. The fourth-order valence-electron chi connectivity index (χ4n) is 8.95. The van der Waals surface area contributed by atoms with Crippen LogP contribution in [0.3, 0.4) is 0 Å². The van der Waals surface area contributed by atoms with Crippen molar-refractivity contribution in [3.8, 4) is 0 Å². The number of carboxylic acid groups (broad SMARTS) is 1. The van der Waals surface area contributed by atoms with E-state index < -0.39 is 11.9 Å². The molecule has 0 aromatic heterocycles. The van der Waals surface area contributed by atoms with Crippen LogP contribution in [-0.4, -0.2) is 28.9 Å². The lowest BCUT2D eigenvalue weighted by Gasteiger charge is -2.57. The van der Waals surface area contributed by atoms with E-state index in [2.05, 4.69) is 34.6 Å². The number of ether oxygens (including phenoxy) is 1. The highest BCUT2D eigenvalue weighted by molar-refractivity contribution is 5.94. The molecule has 210 valence electrons. The molecule has 4 aliphatic carbocycles. The molecule has 3 fully saturated rings. The van der Waals surface area contributed by atoms with Gasteiger partial charge in [0.25, 0.3) is 0 Å². The molecule has 0 heterocycles. The zero-order chi connectivity index (χ0) is 26.3. The molecular weight excluding hydrogens is 466 g/mol. The number of hydrogen-bond donors (Lipinski definition) is 2. The fourth-order valence-corrected chi connectivity index (χ4v) is 8.95. The molecule has 4 rings (SSSR count). The van der Waals surface area contributed by atoms with Gasteiger partial charge in [-0.2, -0.15) is 0 Å². The first-order valence-electron chi connectivity index (χ1n) is 14.6. The highest BCUT2D eigenvalue weighted by Gasteiger charge is 2.61. The number of allylic oxidation sites excluding steroid dienone is 1. The number of carboxylic acids is 1. The molecule has 37 heavy (non-hydrogen) atoms. The highest BCUT2D eigenvalue weighted by atomic mass is 16.5. The second-order valence-electron chi connectivity index (χ2n) is 13.5. The summed E-state index contributed by atoms with van der Waals surface area (Å²) in [5.41, 5.74) is 1.44. The Morgan fingerprint density at radius 3 is 2.43 bits per heavy atom. The Morgan fingerprint density at radius 2 is 1.76 bits per heavy atom. The summed E-state index contributed by atoms with van der Waals surface area (Å²) in [5, 5.41) is 8.83. The van der Waals surface area contributed by atoms with Crippen LogP contribution in [-0.2, 0) is 19.1 Å². The van der Waals surface area contributed by atoms with Crippen LogP contribution >= 0.6 is 0 Å². The quantitative estimate of drug-likeness (QED) is 0.314. The minimum atomic E-state index is -0.988. The molecule has 0 aromatic carbocycles. The van der Waals surface area contributed by atoms with Crippen molar-refractivity contribution >= 4 is 17.7 Å². The number of carbonyl (C=O) groups excluding carboxylic acids is 2. The summed E-state index contributed by atoms with van der Waals surface area (Å²) < 4.78 is 5.63. The van der Waals surface area contributed by atoms with Crippen molar-refractivity contribution < 1.29 is 24.2 Å². The molecule has 3 saturated carbocycles. The van der Waals surface area contributed by atoms with Crippen LogP contribution in [0.5, 0.6) is 0 Å². The molecule has 0 aromatic rings. The van der Waals surface area contributed by atoms with Crippen LogP contribution in [0.4, 0.5) is 0 Å². The van der Waals surface area contributed by atoms with E-state index >= 15 is 0 Å². The third-order valence-corrected chi connectivity index (χ3v) is 10.9. The predicted octanol–water partition coefficient (Wildman–Crippen LogP) is 7.15. The maximum atomic E-state index is 13.7. The Balaban J connectivity index is 0.00000380. The topological polar surface area (TPSA) is 116 Å². The second kappa shape index (κ2) is 11.6. The number of ketones is 1. The number of fused-ring (bicyclic) bond motifs is 5. The summed E-state index contributed by atoms with van der Waals surface area (Å²) in [5.74, 6) is 2.12. The van der Waals surface area contributed by atoms with Crippen LogP contribution in [0.2, 0.25) is 0 Å². The Bertz CT molecular complexity index is 896. The number of carbonyl (C=O) groups is 3. The number of rotatable bonds is 9. The van der Waals surface area contributed by atoms with E-state index in [9.17, 15) is 14.4 Å². The molecule has 4 aliphatic rings. The van der Waals surface area contributed by atoms with E-state index in [-0.39, 0.29) is 41.8 Å². The zero-order valence-corrected chi connectivity index (χ0v) is 23.9. The molecule has 6 nitrogen and oxygen atoms in total. The molecule has 4 N–H and O–H groups in total. The minimum absolute atomic E-state index is 0. The standard InChI is InChI=1S/C31H48O5.H3N/c1-19(2)7-6-8-20(3)23-9-10-24-29-25(14-16-31(23,24)5)30(4)15-13-22(17-21(30)18-26(29)32)36-28(35)12-11-27(33)34;/h18-20,22-25,29H,6-17H2,1-5H3,(H,33,34);1H3/t20-,22+,23-,24+,25+,29+,30+,31-;/m1./s1. The van der Waals surface area contributed by atoms with Gasteiger partial charge >= 0.3 is 11.9 Å². The van der Waals surface area contributed by atoms with Crippen LogP contribution in [0, 0.1) is 46.3 Å². The Kier molecular flexibility index (Phi) is 9.35. The number of aliphatic carboxylic acids is 1. The Morgan fingerprint density at radius 1 is 1.03 bits per heavy atom. The van der Waals surface area contributed by atoms with Crippen molar-refractivity contribution in [3.05, 3.63) is 11.6 Å². The molecule has 0 aliphatic heterocycles. The van der Waals surface area contributed by atoms with Crippen molar-refractivity contribution in [1.29, 1.82) is 0 Å². The largest absolute Gasteiger partial charge is 0.481 e. The van der Waals surface area contributed by atoms with Gasteiger partial charge in [0.1, 0.15) is 6.10 Å². The van der Waals surface area contributed by atoms with Gasteiger partial charge in [0.15, 0.2) is 5.78 Å². The summed E-state index contributed by atoms with van der Waals surface area (Å²) in [6.07, 6.45) is 12.5. The van der Waals surface area contributed by atoms with Gasteiger partial charge in [-0.3, -0.25) is 14.4 Å². The van der Waals surface area contributed by atoms with Gasteiger partial charge in [-0.25, -0.2) is 0 Å². The molecule has 0 saturated heterocycles. The van der Waals surface area contributed by atoms with Crippen molar-refractivity contribution in [2.24, 2.45) is 46.3 Å². The molecular formula is C31H51NO5. The van der Waals surface area contributed by atoms with Crippen molar-refractivity contribution in [1.82, 2.24) is 6.15 Å². The average Bonchev–Trinajstić information content (AvgIpc) is 3.15. The van der Waals surface area contributed by atoms with E-state index in [1.807, 2.05) is 6.08 Å². The van der Waals surface area contributed by atoms with E-state index in [1.165, 1.54) is 38.5 Å². The second-order valence-corrected chi connectivity index (χ2v) is 13.5. The van der Waals surface area contributed by atoms with Crippen molar-refractivity contribution in [2.75, 3.05) is 0 Å². The SMILES string of the molecule is CC(C)CCC[C@@H](C)[C@H]1CC[C@H]2[C@@H]3C(=O)C=C4C[C@@H](OC(=O)CCC(=O)O)CC[C@]4(C)[C@H]3CC[C@]12C.N. The summed E-state index contributed by atoms with van der Waals surface area (Å²) in [6, 6.07) is 0. The van der Waals surface area contributed by atoms with Gasteiger partial charge in [-0.05, 0) is 85.0 Å². The molecule has 0 spiro atoms. The van der Waals surface area contributed by atoms with Gasteiger partial charge in [0, 0.05) is 12.3 Å². The van der Waals surface area contributed by atoms with Crippen LogP contribution in [0.25, 0.3) is 0 Å². The third kappa shape index (κ3) is 5.84. The highest BCUT2D eigenvalue weighted by Crippen LogP contribution is 2.66. The number of esters is 1. The summed E-state index contributed by atoms with van der Waals surface area (Å²) in [4.78, 5) is 36.6. The molecule has 8 atom stereocenters. The van der Waals surface area contributed by atoms with Gasteiger partial charge in [-0.1, -0.05) is 59.5 Å². The fraction of sp³-hybridized carbons (Fsp3) is 0.839. The number of hydrogen-bond acceptors (Lipinski definition) is 5. The summed E-state index contributed by atoms with van der Waals surface area (Å²) >= 11 is 0. The van der Waals surface area contributed by atoms with Gasteiger partial charge in [0.2, 0.25) is 0 Å². The van der Waals surface area contributed by atoms with Gasteiger partial charge < -0.3 is 16.0 Å². The first kappa shape index (κ1) is 29.9. The lowest BCUT2D eigenvalue weighted by Crippen LogP contribution is -2.53. The first-order valence-corrected chi connectivity index (χ1v) is 14.6. The van der Waals surface area contributed by atoms with E-state index in [1.54, 1.807) is 0 Å². The Labute approximate surface area is 224 Å². The molecule has 0 bridgehead atoms. The normalized spacial score (nSPS) is 37.5. The monoisotopic (exact) mass is 517 g/mol. The van der Waals surface area contributed by atoms with Crippen molar-refractivity contribution in [2.45, 2.75) is 118 Å². The maximum Gasteiger partial charge on any atom is 0.306 e. The zero-order valence-electron chi connectivity index (χ0n) is 23.9. The molecule has 6 heteroatoms. The van der Waals surface area contributed by atoms with Crippen LogP contribution in [0.15, 0.2) is 11.6 Å². The first-order chi connectivity index (χ1) is 17.0. The van der Waals surface area contributed by atoms with Crippen LogP contribution < -0.4 is 6.15 Å². The summed E-state index contributed by atoms with van der Waals surface area (Å²) in [7, 11) is 0. The van der Waals surface area contributed by atoms with E-state index in [0.717, 1.165) is 42.6 Å². The smallest absolute Gasteiger partial charge is 0.306 e. The predicted molar refractivity (Wildman–Crippen MR) is 145 cm³/mol. The van der Waals surface area contributed by atoms with Gasteiger partial charge in [0.05, 0.1) is 12.8 Å². The van der Waals surface area contributed by atoms with E-state index in [4.69, 9.17) is 9.84 Å². The molecule has 0 radical (unpaired) electrons. The van der Waals surface area contributed by atoms with E-state index in [0.29, 0.717) is 24.0 Å². The Hall–Kier alpha value is -1.69. The summed E-state index contributed by atoms with van der Waals surface area (Å²) in [6.45, 7) is 12.0. The molecule has 0 unspecified atom stereocenters. The minimum Gasteiger partial charge on any atom is -0.481 e. The average molecular weight is 518 g/mol. The van der Waals surface area contributed by atoms with Crippen molar-refractivity contribution in [3.63, 3.8) is 0 Å². The molecule has 0 amide bonds. The lowest BCUT2D eigenvalue weighted by atomic mass is 9.46.